The maximum Gasteiger partial charge on any atom is 0.318 e. The molecule has 21 heavy (non-hydrogen) atoms. The van der Waals surface area contributed by atoms with E-state index in [1.54, 1.807) is 12.1 Å². The number of aromatic nitrogens is 1. The summed E-state index contributed by atoms with van der Waals surface area (Å²) in [6.45, 7) is 3.94. The molecule has 0 bridgehead atoms. The molecule has 4 nitrogen and oxygen atoms in total. The second kappa shape index (κ2) is 5.60. The van der Waals surface area contributed by atoms with Gasteiger partial charge in [-0.15, -0.1) is 0 Å². The third-order valence-corrected chi connectivity index (χ3v) is 3.96. The second-order valence-corrected chi connectivity index (χ2v) is 5.28. The van der Waals surface area contributed by atoms with Crippen LogP contribution in [0.1, 0.15) is 24.2 Å². The maximum absolute atomic E-state index is 12.8. The minimum Gasteiger partial charge on any atom is -0.348 e. The third-order valence-electron chi connectivity index (χ3n) is 3.96. The second-order valence-electron chi connectivity index (χ2n) is 5.28. The normalized spacial score (nSPS) is 17.4. The number of rotatable bonds is 2. The van der Waals surface area contributed by atoms with Crippen molar-refractivity contribution in [2.75, 3.05) is 6.54 Å². The van der Waals surface area contributed by atoms with E-state index in [1.165, 1.54) is 12.1 Å². The van der Waals surface area contributed by atoms with E-state index in [1.807, 2.05) is 30.2 Å². The van der Waals surface area contributed by atoms with E-state index < -0.39 is 0 Å². The summed E-state index contributed by atoms with van der Waals surface area (Å²) in [4.78, 5) is 14.1. The van der Waals surface area contributed by atoms with Crippen LogP contribution in [0.4, 0.5) is 9.18 Å². The lowest BCUT2D eigenvalue weighted by molar-refractivity contribution is 0.162. The molecule has 3 rings (SSSR count). The topological polar surface area (TPSA) is 37.3 Å². The Morgan fingerprint density at radius 3 is 2.81 bits per heavy atom. The van der Waals surface area contributed by atoms with E-state index in [2.05, 4.69) is 9.88 Å². The first-order valence-corrected chi connectivity index (χ1v) is 7.09. The fourth-order valence-corrected chi connectivity index (χ4v) is 2.74. The number of hydrogen-bond acceptors (Lipinski definition) is 1. The van der Waals surface area contributed by atoms with Gasteiger partial charge in [-0.2, -0.15) is 0 Å². The smallest absolute Gasteiger partial charge is 0.318 e. The van der Waals surface area contributed by atoms with Gasteiger partial charge in [0.05, 0.1) is 6.04 Å². The first kappa shape index (κ1) is 13.7. The van der Waals surface area contributed by atoms with Gasteiger partial charge >= 0.3 is 6.03 Å². The van der Waals surface area contributed by atoms with Crippen molar-refractivity contribution in [1.82, 2.24) is 14.8 Å². The number of carbonyl (C=O) groups excluding carboxylic acids is 1. The van der Waals surface area contributed by atoms with Crippen molar-refractivity contribution in [2.45, 2.75) is 26.1 Å². The summed E-state index contributed by atoms with van der Waals surface area (Å²) < 4.78 is 15.0. The van der Waals surface area contributed by atoms with Crippen molar-refractivity contribution in [2.24, 2.45) is 0 Å². The summed E-state index contributed by atoms with van der Waals surface area (Å²) in [6.07, 6.45) is 2.04. The van der Waals surface area contributed by atoms with Crippen molar-refractivity contribution in [3.8, 4) is 0 Å². The van der Waals surface area contributed by atoms with Crippen LogP contribution in [-0.4, -0.2) is 22.0 Å². The molecule has 5 heteroatoms. The molecule has 1 atom stereocenters. The maximum atomic E-state index is 12.8. The molecule has 0 radical (unpaired) electrons. The van der Waals surface area contributed by atoms with Gasteiger partial charge in [-0.3, -0.25) is 0 Å². The Kier molecular flexibility index (Phi) is 3.64. The number of urea groups is 1. The lowest BCUT2D eigenvalue weighted by Crippen LogP contribution is -2.45. The Balaban J connectivity index is 1.62. The summed E-state index contributed by atoms with van der Waals surface area (Å²) in [6, 6.07) is 10.2. The van der Waals surface area contributed by atoms with Crippen molar-refractivity contribution in [1.29, 1.82) is 0 Å². The third kappa shape index (κ3) is 2.77. The highest BCUT2D eigenvalue weighted by atomic mass is 19.1. The van der Waals surface area contributed by atoms with Crippen molar-refractivity contribution in [3.05, 3.63) is 59.7 Å². The highest BCUT2D eigenvalue weighted by Crippen LogP contribution is 2.25. The van der Waals surface area contributed by atoms with E-state index in [9.17, 15) is 9.18 Å². The van der Waals surface area contributed by atoms with Crippen LogP contribution in [0, 0.1) is 5.82 Å². The van der Waals surface area contributed by atoms with Crippen LogP contribution >= 0.6 is 0 Å². The molecule has 1 aromatic heterocycles. The van der Waals surface area contributed by atoms with Crippen LogP contribution in [-0.2, 0) is 13.1 Å². The van der Waals surface area contributed by atoms with Gasteiger partial charge in [0.15, 0.2) is 0 Å². The van der Waals surface area contributed by atoms with Gasteiger partial charge < -0.3 is 14.8 Å². The standard InChI is InChI=1S/C16H18FN3O/c1-12-15-3-2-8-19(15)9-10-20(12)16(21)18-11-13-4-6-14(17)7-5-13/h2-8,12H,9-11H2,1H3,(H,18,21). The Morgan fingerprint density at radius 2 is 2.05 bits per heavy atom. The van der Waals surface area contributed by atoms with Crippen LogP contribution in [0.5, 0.6) is 0 Å². The average molecular weight is 287 g/mol. The number of nitrogens with zero attached hydrogens (tertiary/aromatic N) is 2. The molecule has 0 saturated carbocycles. The fourth-order valence-electron chi connectivity index (χ4n) is 2.74. The Morgan fingerprint density at radius 1 is 1.29 bits per heavy atom. The van der Waals surface area contributed by atoms with E-state index in [0.29, 0.717) is 13.1 Å². The highest BCUT2D eigenvalue weighted by molar-refractivity contribution is 5.74. The van der Waals surface area contributed by atoms with E-state index in [0.717, 1.165) is 17.8 Å². The van der Waals surface area contributed by atoms with Crippen LogP contribution in [0.3, 0.4) is 0 Å². The molecule has 2 amide bonds. The molecule has 2 aromatic rings. The molecular formula is C16H18FN3O. The van der Waals surface area contributed by atoms with Gasteiger partial charge in [-0.25, -0.2) is 9.18 Å². The summed E-state index contributed by atoms with van der Waals surface area (Å²) in [5, 5.41) is 2.90. The first-order chi connectivity index (χ1) is 10.1. The van der Waals surface area contributed by atoms with Gasteiger partial charge in [0.25, 0.3) is 0 Å². The van der Waals surface area contributed by atoms with Crippen LogP contribution in [0.2, 0.25) is 0 Å². The van der Waals surface area contributed by atoms with Crippen molar-refractivity contribution >= 4 is 6.03 Å². The van der Waals surface area contributed by atoms with E-state index in [4.69, 9.17) is 0 Å². The molecule has 2 heterocycles. The quantitative estimate of drug-likeness (QED) is 0.906. The van der Waals surface area contributed by atoms with Crippen molar-refractivity contribution in [3.63, 3.8) is 0 Å². The zero-order chi connectivity index (χ0) is 14.8. The number of carbonyl (C=O) groups is 1. The zero-order valence-electron chi connectivity index (χ0n) is 11.9. The number of hydrogen-bond donors (Lipinski definition) is 1. The molecule has 1 aromatic carbocycles. The molecule has 0 fully saturated rings. The molecule has 0 aliphatic carbocycles. The number of fused-ring (bicyclic) bond motifs is 1. The van der Waals surface area contributed by atoms with Crippen molar-refractivity contribution < 1.29 is 9.18 Å². The Hall–Kier alpha value is -2.30. The summed E-state index contributed by atoms with van der Waals surface area (Å²) in [5.74, 6) is -0.268. The predicted molar refractivity (Wildman–Crippen MR) is 78.2 cm³/mol. The zero-order valence-corrected chi connectivity index (χ0v) is 11.9. The lowest BCUT2D eigenvalue weighted by atomic mass is 10.1. The average Bonchev–Trinajstić information content (AvgIpc) is 2.96. The molecule has 0 saturated heterocycles. The molecule has 1 N–H and O–H groups in total. The van der Waals surface area contributed by atoms with Crippen LogP contribution in [0.15, 0.2) is 42.6 Å². The fraction of sp³-hybridized carbons (Fsp3) is 0.312. The Bertz CT molecular complexity index is 635. The summed E-state index contributed by atoms with van der Waals surface area (Å²) >= 11 is 0. The SMILES string of the molecule is CC1c2cccn2CCN1C(=O)NCc1ccc(F)cc1. The molecule has 110 valence electrons. The highest BCUT2D eigenvalue weighted by Gasteiger charge is 2.26. The Labute approximate surface area is 123 Å². The predicted octanol–water partition coefficient (Wildman–Crippen LogP) is 2.91. The van der Waals surface area contributed by atoms with Crippen LogP contribution < -0.4 is 5.32 Å². The number of benzene rings is 1. The minimum atomic E-state index is -0.268. The lowest BCUT2D eigenvalue weighted by Gasteiger charge is -2.34. The number of amides is 2. The van der Waals surface area contributed by atoms with E-state index >= 15 is 0 Å². The minimum absolute atomic E-state index is 0.0574. The van der Waals surface area contributed by atoms with Gasteiger partial charge in [0, 0.05) is 31.5 Å². The van der Waals surface area contributed by atoms with Gasteiger partial charge in [0.2, 0.25) is 0 Å². The van der Waals surface area contributed by atoms with Gasteiger partial charge in [-0.1, -0.05) is 12.1 Å². The first-order valence-electron chi connectivity index (χ1n) is 7.09. The monoisotopic (exact) mass is 287 g/mol. The molecular weight excluding hydrogens is 269 g/mol. The molecule has 1 aliphatic heterocycles. The molecule has 1 aliphatic rings. The van der Waals surface area contributed by atoms with Gasteiger partial charge in [-0.05, 0) is 36.8 Å². The number of nitrogens with one attached hydrogen (secondary N) is 1. The molecule has 0 spiro atoms. The van der Waals surface area contributed by atoms with Gasteiger partial charge in [0.1, 0.15) is 5.82 Å². The van der Waals surface area contributed by atoms with Crippen LogP contribution in [0.25, 0.3) is 0 Å². The summed E-state index contributed by atoms with van der Waals surface area (Å²) in [7, 11) is 0. The molecule has 1 unspecified atom stereocenters. The summed E-state index contributed by atoms with van der Waals surface area (Å²) in [5.41, 5.74) is 2.04. The number of halogens is 1. The van der Waals surface area contributed by atoms with E-state index in [-0.39, 0.29) is 17.9 Å². The largest absolute Gasteiger partial charge is 0.348 e.